The van der Waals surface area contributed by atoms with Gasteiger partial charge in [-0.1, -0.05) is 28.1 Å². The number of benzene rings is 1. The number of carbonyl (C=O) groups is 1. The molecular formula is C19H22BrNO. The number of carbonyl (C=O) groups excluding carboxylic acids is 1. The molecule has 0 aromatic heterocycles. The van der Waals surface area contributed by atoms with Crippen LogP contribution in [0.1, 0.15) is 44.1 Å². The van der Waals surface area contributed by atoms with Crippen molar-refractivity contribution in [3.8, 4) is 0 Å². The average molecular weight is 360 g/mol. The molecule has 0 unspecified atom stereocenters. The van der Waals surface area contributed by atoms with Crippen LogP contribution in [-0.2, 0) is 4.79 Å². The fourth-order valence-electron chi connectivity index (χ4n) is 5.31. The average Bonchev–Trinajstić information content (AvgIpc) is 2.44. The van der Waals surface area contributed by atoms with Crippen LogP contribution in [0.15, 0.2) is 34.8 Å². The molecule has 4 saturated carbocycles. The summed E-state index contributed by atoms with van der Waals surface area (Å²) in [7, 11) is 0. The molecule has 4 aliphatic carbocycles. The highest BCUT2D eigenvalue weighted by Gasteiger charge is 2.51. The normalized spacial score (nSPS) is 36.0. The Morgan fingerprint density at radius 1 is 1.05 bits per heavy atom. The van der Waals surface area contributed by atoms with Gasteiger partial charge in [0.1, 0.15) is 0 Å². The molecular weight excluding hydrogens is 338 g/mol. The van der Waals surface area contributed by atoms with Gasteiger partial charge in [0.15, 0.2) is 0 Å². The van der Waals surface area contributed by atoms with Crippen LogP contribution >= 0.6 is 15.9 Å². The monoisotopic (exact) mass is 359 g/mol. The van der Waals surface area contributed by atoms with Gasteiger partial charge >= 0.3 is 0 Å². The first kappa shape index (κ1) is 14.5. The van der Waals surface area contributed by atoms with E-state index < -0.39 is 0 Å². The first-order valence-electron chi connectivity index (χ1n) is 8.36. The maximum atomic E-state index is 12.4. The van der Waals surface area contributed by atoms with Gasteiger partial charge in [-0.25, -0.2) is 0 Å². The summed E-state index contributed by atoms with van der Waals surface area (Å²) in [6.45, 7) is 0. The molecule has 116 valence electrons. The lowest BCUT2D eigenvalue weighted by atomic mass is 9.53. The summed E-state index contributed by atoms with van der Waals surface area (Å²) < 4.78 is 1.06. The van der Waals surface area contributed by atoms with E-state index in [2.05, 4.69) is 21.2 Å². The summed E-state index contributed by atoms with van der Waals surface area (Å²) in [5.41, 5.74) is 1.17. The van der Waals surface area contributed by atoms with E-state index in [1.165, 1.54) is 38.5 Å². The molecule has 5 rings (SSSR count). The fourth-order valence-corrected chi connectivity index (χ4v) is 5.58. The van der Waals surface area contributed by atoms with Crippen LogP contribution in [0.4, 0.5) is 0 Å². The molecule has 0 aliphatic heterocycles. The van der Waals surface area contributed by atoms with E-state index in [9.17, 15) is 4.79 Å². The Morgan fingerprint density at radius 2 is 1.59 bits per heavy atom. The molecule has 1 aromatic carbocycles. The minimum atomic E-state index is 0.0740. The van der Waals surface area contributed by atoms with Crippen LogP contribution in [0.25, 0.3) is 6.08 Å². The third-order valence-electron chi connectivity index (χ3n) is 5.72. The Labute approximate surface area is 140 Å². The maximum Gasteiger partial charge on any atom is 0.244 e. The summed E-state index contributed by atoms with van der Waals surface area (Å²) >= 11 is 3.43. The summed E-state index contributed by atoms with van der Waals surface area (Å²) in [6.07, 6.45) is 11.4. The van der Waals surface area contributed by atoms with Crippen LogP contribution in [0.3, 0.4) is 0 Å². The Morgan fingerprint density at radius 3 is 2.14 bits per heavy atom. The van der Waals surface area contributed by atoms with E-state index >= 15 is 0 Å². The molecule has 22 heavy (non-hydrogen) atoms. The zero-order valence-electron chi connectivity index (χ0n) is 12.7. The van der Waals surface area contributed by atoms with Crippen molar-refractivity contribution in [2.45, 2.75) is 44.1 Å². The van der Waals surface area contributed by atoms with Crippen molar-refractivity contribution >= 4 is 27.9 Å². The van der Waals surface area contributed by atoms with Crippen LogP contribution in [0.2, 0.25) is 0 Å². The highest BCUT2D eigenvalue weighted by atomic mass is 79.9. The minimum Gasteiger partial charge on any atom is -0.347 e. The van der Waals surface area contributed by atoms with E-state index in [0.717, 1.165) is 27.8 Å². The lowest BCUT2D eigenvalue weighted by Crippen LogP contribution is -2.59. The molecule has 1 N–H and O–H groups in total. The second-order valence-corrected chi connectivity index (χ2v) is 8.49. The van der Waals surface area contributed by atoms with Gasteiger partial charge in [-0.15, -0.1) is 0 Å². The topological polar surface area (TPSA) is 29.1 Å². The smallest absolute Gasteiger partial charge is 0.244 e. The quantitative estimate of drug-likeness (QED) is 0.788. The Bertz CT molecular complexity index is 569. The predicted molar refractivity (Wildman–Crippen MR) is 92.2 cm³/mol. The van der Waals surface area contributed by atoms with Crippen molar-refractivity contribution < 1.29 is 4.79 Å². The molecule has 3 heteroatoms. The van der Waals surface area contributed by atoms with E-state index in [4.69, 9.17) is 0 Å². The van der Waals surface area contributed by atoms with Gasteiger partial charge in [0.25, 0.3) is 0 Å². The number of rotatable bonds is 3. The van der Waals surface area contributed by atoms with Gasteiger partial charge in [-0.2, -0.15) is 0 Å². The molecule has 4 fully saturated rings. The fraction of sp³-hybridized carbons (Fsp3) is 0.526. The van der Waals surface area contributed by atoms with E-state index in [-0.39, 0.29) is 11.4 Å². The largest absolute Gasteiger partial charge is 0.347 e. The number of hydrogen-bond donors (Lipinski definition) is 1. The second-order valence-electron chi connectivity index (χ2n) is 7.57. The van der Waals surface area contributed by atoms with Gasteiger partial charge in [0.05, 0.1) is 0 Å². The molecule has 2 nitrogen and oxygen atoms in total. The van der Waals surface area contributed by atoms with Gasteiger partial charge in [0.2, 0.25) is 5.91 Å². The van der Waals surface area contributed by atoms with E-state index in [1.807, 2.05) is 30.3 Å². The summed E-state index contributed by atoms with van der Waals surface area (Å²) in [4.78, 5) is 12.4. The standard InChI is InChI=1S/C19H22BrNO/c20-17-4-1-13(2-5-17)3-6-18(22)21-19-10-14-7-15(11-19)9-16(8-14)12-19/h1-6,14-16H,7-12H2,(H,21,22). The first-order valence-corrected chi connectivity index (χ1v) is 9.15. The van der Waals surface area contributed by atoms with Crippen molar-refractivity contribution in [2.75, 3.05) is 0 Å². The highest BCUT2D eigenvalue weighted by Crippen LogP contribution is 2.55. The van der Waals surface area contributed by atoms with Crippen LogP contribution in [0, 0.1) is 17.8 Å². The highest BCUT2D eigenvalue weighted by molar-refractivity contribution is 9.10. The Balaban J connectivity index is 1.42. The van der Waals surface area contributed by atoms with Gasteiger partial charge in [0, 0.05) is 16.1 Å². The van der Waals surface area contributed by atoms with Gasteiger partial charge in [-0.3, -0.25) is 4.79 Å². The molecule has 0 spiro atoms. The molecule has 1 amide bonds. The van der Waals surface area contributed by atoms with Crippen molar-refractivity contribution in [3.63, 3.8) is 0 Å². The number of halogens is 1. The number of amides is 1. The van der Waals surface area contributed by atoms with Crippen molar-refractivity contribution in [1.29, 1.82) is 0 Å². The molecule has 1 aromatic rings. The van der Waals surface area contributed by atoms with Crippen molar-refractivity contribution in [1.82, 2.24) is 5.32 Å². The third kappa shape index (κ3) is 2.88. The number of hydrogen-bond acceptors (Lipinski definition) is 1. The molecule has 0 heterocycles. The van der Waals surface area contributed by atoms with Crippen molar-refractivity contribution in [2.24, 2.45) is 17.8 Å². The zero-order valence-corrected chi connectivity index (χ0v) is 14.3. The minimum absolute atomic E-state index is 0.0740. The predicted octanol–water partition coefficient (Wildman–Crippen LogP) is 4.55. The van der Waals surface area contributed by atoms with Crippen LogP contribution < -0.4 is 5.32 Å². The molecule has 0 atom stereocenters. The zero-order chi connectivity index (χ0) is 15.2. The first-order chi connectivity index (χ1) is 10.6. The molecule has 4 aliphatic rings. The van der Waals surface area contributed by atoms with E-state index in [1.54, 1.807) is 6.08 Å². The summed E-state index contributed by atoms with van der Waals surface area (Å²) in [5, 5.41) is 3.37. The summed E-state index contributed by atoms with van der Waals surface area (Å²) in [6, 6.07) is 8.02. The number of nitrogens with one attached hydrogen (secondary N) is 1. The second kappa shape index (κ2) is 5.52. The van der Waals surface area contributed by atoms with Crippen LogP contribution in [0.5, 0.6) is 0 Å². The van der Waals surface area contributed by atoms with Gasteiger partial charge < -0.3 is 5.32 Å². The molecule has 4 bridgehead atoms. The lowest BCUT2D eigenvalue weighted by Gasteiger charge is -2.56. The third-order valence-corrected chi connectivity index (χ3v) is 6.25. The van der Waals surface area contributed by atoms with Crippen LogP contribution in [-0.4, -0.2) is 11.4 Å². The molecule has 0 saturated heterocycles. The Hall–Kier alpha value is -1.09. The molecule has 0 radical (unpaired) electrons. The van der Waals surface area contributed by atoms with Gasteiger partial charge in [-0.05, 0) is 80.1 Å². The lowest BCUT2D eigenvalue weighted by molar-refractivity contribution is -0.122. The summed E-state index contributed by atoms with van der Waals surface area (Å²) in [5.74, 6) is 2.66. The maximum absolute atomic E-state index is 12.4. The SMILES string of the molecule is O=C(C=Cc1ccc(Br)cc1)NC12CC3CC(CC(C3)C1)C2. The van der Waals surface area contributed by atoms with E-state index in [0.29, 0.717) is 0 Å². The van der Waals surface area contributed by atoms with Crippen molar-refractivity contribution in [3.05, 3.63) is 40.4 Å². The Kier molecular flexibility index (Phi) is 3.64.